The molecule has 1 fully saturated rings. The molecule has 2 aliphatic rings. The molecule has 134 valence electrons. The van der Waals surface area contributed by atoms with Gasteiger partial charge in [0.15, 0.2) is 0 Å². The second-order valence-electron chi connectivity index (χ2n) is 6.74. The number of amides is 3. The lowest BCUT2D eigenvalue weighted by Crippen LogP contribution is -2.34. The van der Waals surface area contributed by atoms with Crippen LogP contribution in [0.5, 0.6) is 0 Å². The summed E-state index contributed by atoms with van der Waals surface area (Å²) < 4.78 is 0. The van der Waals surface area contributed by atoms with Crippen molar-refractivity contribution in [3.8, 4) is 0 Å². The first-order valence-corrected chi connectivity index (χ1v) is 9.80. The Morgan fingerprint density at radius 1 is 1.08 bits per heavy atom. The van der Waals surface area contributed by atoms with E-state index in [1.54, 1.807) is 35.6 Å². The molecule has 0 N–H and O–H groups in total. The van der Waals surface area contributed by atoms with Crippen LogP contribution in [0.4, 0.5) is 0 Å². The highest BCUT2D eigenvalue weighted by Crippen LogP contribution is 2.30. The van der Waals surface area contributed by atoms with Gasteiger partial charge in [0.1, 0.15) is 0 Å². The van der Waals surface area contributed by atoms with Gasteiger partial charge in [0.25, 0.3) is 11.8 Å². The van der Waals surface area contributed by atoms with Gasteiger partial charge < -0.3 is 4.90 Å². The third kappa shape index (κ3) is 3.29. The van der Waals surface area contributed by atoms with Gasteiger partial charge in [-0.2, -0.15) is 0 Å². The highest BCUT2D eigenvalue weighted by atomic mass is 32.1. The Morgan fingerprint density at radius 2 is 1.77 bits per heavy atom. The lowest BCUT2D eigenvalue weighted by molar-refractivity contribution is -0.132. The van der Waals surface area contributed by atoms with E-state index in [4.69, 9.17) is 0 Å². The topological polar surface area (TPSA) is 57.7 Å². The predicted octanol–water partition coefficient (Wildman–Crippen LogP) is 3.32. The number of hydrogen-bond acceptors (Lipinski definition) is 4. The summed E-state index contributed by atoms with van der Waals surface area (Å²) in [4.78, 5) is 41.8. The third-order valence-corrected chi connectivity index (χ3v) is 5.73. The number of carbonyl (C=O) groups excluding carboxylic acids is 3. The number of thiophene rings is 1. The van der Waals surface area contributed by atoms with Crippen molar-refractivity contribution in [2.45, 2.75) is 38.3 Å². The normalized spacial score (nSPS) is 16.1. The van der Waals surface area contributed by atoms with Gasteiger partial charge in [0.05, 0.1) is 17.7 Å². The summed E-state index contributed by atoms with van der Waals surface area (Å²) in [5.74, 6) is -0.399. The molecule has 5 nitrogen and oxygen atoms in total. The van der Waals surface area contributed by atoms with Crippen molar-refractivity contribution in [1.82, 2.24) is 9.80 Å². The number of fused-ring (bicyclic) bond motifs is 1. The smallest absolute Gasteiger partial charge is 0.261 e. The highest BCUT2D eigenvalue weighted by Gasteiger charge is 2.35. The molecule has 1 aliphatic carbocycles. The van der Waals surface area contributed by atoms with E-state index in [1.807, 2.05) is 22.4 Å². The fourth-order valence-corrected chi connectivity index (χ4v) is 4.05. The van der Waals surface area contributed by atoms with Crippen LogP contribution in [0, 0.1) is 0 Å². The maximum absolute atomic E-state index is 12.6. The molecule has 2 aromatic rings. The molecule has 26 heavy (non-hydrogen) atoms. The van der Waals surface area contributed by atoms with Crippen LogP contribution in [0.3, 0.4) is 0 Å². The van der Waals surface area contributed by atoms with Crippen molar-refractivity contribution in [2.75, 3.05) is 6.54 Å². The van der Waals surface area contributed by atoms with Crippen molar-refractivity contribution >= 4 is 29.1 Å². The Hall–Kier alpha value is -2.47. The molecule has 4 rings (SSSR count). The lowest BCUT2D eigenvalue weighted by atomic mass is 10.1. The van der Waals surface area contributed by atoms with Gasteiger partial charge >= 0.3 is 0 Å². The second kappa shape index (κ2) is 7.03. The van der Waals surface area contributed by atoms with Crippen LogP contribution in [0.2, 0.25) is 0 Å². The molecular weight excluding hydrogens is 348 g/mol. The predicted molar refractivity (Wildman–Crippen MR) is 98.9 cm³/mol. The van der Waals surface area contributed by atoms with Gasteiger partial charge in [-0.3, -0.25) is 19.3 Å². The largest absolute Gasteiger partial charge is 0.335 e. The summed E-state index contributed by atoms with van der Waals surface area (Å²) in [6.45, 7) is 0.948. The summed E-state index contributed by atoms with van der Waals surface area (Å²) in [6.07, 6.45) is 2.98. The monoisotopic (exact) mass is 368 g/mol. The van der Waals surface area contributed by atoms with E-state index in [0.717, 1.165) is 12.8 Å². The molecule has 3 amide bonds. The standard InChI is InChI=1S/C20H20N2O3S/c23-18(22(14-9-10-14)13-15-5-4-12-26-15)8-3-11-21-19(24)16-6-1-2-7-17(16)20(21)25/h1-2,4-7,12,14H,3,8-11,13H2. The molecule has 1 aliphatic heterocycles. The van der Waals surface area contributed by atoms with Crippen molar-refractivity contribution in [2.24, 2.45) is 0 Å². The first-order valence-electron chi connectivity index (χ1n) is 8.92. The van der Waals surface area contributed by atoms with Crippen LogP contribution in [0.15, 0.2) is 41.8 Å². The SMILES string of the molecule is O=C1c2ccccc2C(=O)N1CCCC(=O)N(Cc1cccs1)C1CC1. The number of nitrogens with zero attached hydrogens (tertiary/aromatic N) is 2. The first-order chi connectivity index (χ1) is 12.6. The maximum atomic E-state index is 12.6. The summed E-state index contributed by atoms with van der Waals surface area (Å²) >= 11 is 1.66. The van der Waals surface area contributed by atoms with Gasteiger partial charge in [0.2, 0.25) is 5.91 Å². The van der Waals surface area contributed by atoms with E-state index in [9.17, 15) is 14.4 Å². The first kappa shape index (κ1) is 17.0. The molecule has 6 heteroatoms. The summed E-state index contributed by atoms with van der Waals surface area (Å²) in [7, 11) is 0. The van der Waals surface area contributed by atoms with Crippen LogP contribution in [-0.4, -0.2) is 40.1 Å². The van der Waals surface area contributed by atoms with Gasteiger partial charge in [-0.25, -0.2) is 0 Å². The molecule has 0 saturated heterocycles. The van der Waals surface area contributed by atoms with E-state index in [1.165, 1.54) is 9.78 Å². The molecule has 0 spiro atoms. The summed E-state index contributed by atoms with van der Waals surface area (Å²) in [5.41, 5.74) is 0.919. The average molecular weight is 368 g/mol. The van der Waals surface area contributed by atoms with Gasteiger partial charge in [-0.1, -0.05) is 18.2 Å². The molecule has 0 radical (unpaired) electrons. The molecule has 1 aromatic heterocycles. The number of benzene rings is 1. The Bertz CT molecular complexity index is 808. The maximum Gasteiger partial charge on any atom is 0.261 e. The van der Waals surface area contributed by atoms with Crippen molar-refractivity contribution < 1.29 is 14.4 Å². The van der Waals surface area contributed by atoms with Crippen LogP contribution >= 0.6 is 11.3 Å². The number of imide groups is 1. The van der Waals surface area contributed by atoms with Crippen LogP contribution in [0.25, 0.3) is 0 Å². The quantitative estimate of drug-likeness (QED) is 0.705. The molecule has 2 heterocycles. The minimum absolute atomic E-state index is 0.109. The zero-order valence-corrected chi connectivity index (χ0v) is 15.2. The zero-order chi connectivity index (χ0) is 18.1. The van der Waals surface area contributed by atoms with Crippen molar-refractivity contribution in [1.29, 1.82) is 0 Å². The number of hydrogen-bond donors (Lipinski definition) is 0. The summed E-state index contributed by atoms with van der Waals surface area (Å²) in [5, 5.41) is 2.02. The van der Waals surface area contributed by atoms with Gasteiger partial charge in [0, 0.05) is 23.9 Å². The van der Waals surface area contributed by atoms with Crippen LogP contribution in [0.1, 0.15) is 51.3 Å². The van der Waals surface area contributed by atoms with Gasteiger partial charge in [-0.15, -0.1) is 11.3 Å². The molecule has 1 saturated carbocycles. The van der Waals surface area contributed by atoms with Crippen molar-refractivity contribution in [3.05, 3.63) is 57.8 Å². The Kier molecular flexibility index (Phi) is 4.59. The molecule has 0 bridgehead atoms. The average Bonchev–Trinajstić information content (AvgIpc) is 3.31. The Labute approximate surface area is 156 Å². The van der Waals surface area contributed by atoms with Crippen molar-refractivity contribution in [3.63, 3.8) is 0 Å². The number of carbonyl (C=O) groups is 3. The highest BCUT2D eigenvalue weighted by molar-refractivity contribution is 7.09. The van der Waals surface area contributed by atoms with E-state index in [2.05, 4.69) is 0 Å². The minimum atomic E-state index is -0.254. The lowest BCUT2D eigenvalue weighted by Gasteiger charge is -2.22. The van der Waals surface area contributed by atoms with E-state index in [0.29, 0.717) is 36.6 Å². The fourth-order valence-electron chi connectivity index (χ4n) is 3.35. The zero-order valence-electron chi connectivity index (χ0n) is 14.4. The van der Waals surface area contributed by atoms with Gasteiger partial charge in [-0.05, 0) is 42.8 Å². The summed E-state index contributed by atoms with van der Waals surface area (Å²) in [6, 6.07) is 11.3. The molecule has 1 aromatic carbocycles. The molecule has 0 unspecified atom stereocenters. The van der Waals surface area contributed by atoms with E-state index < -0.39 is 0 Å². The fraction of sp³-hybridized carbons (Fsp3) is 0.350. The van der Waals surface area contributed by atoms with Crippen LogP contribution < -0.4 is 0 Å². The molecular formula is C20H20N2O3S. The van der Waals surface area contributed by atoms with E-state index >= 15 is 0 Å². The second-order valence-corrected chi connectivity index (χ2v) is 7.78. The molecule has 0 atom stereocenters. The van der Waals surface area contributed by atoms with Crippen LogP contribution in [-0.2, 0) is 11.3 Å². The minimum Gasteiger partial charge on any atom is -0.335 e. The van der Waals surface area contributed by atoms with E-state index in [-0.39, 0.29) is 24.3 Å². The Morgan fingerprint density at radius 3 is 2.35 bits per heavy atom. The third-order valence-electron chi connectivity index (χ3n) is 4.86. The number of rotatable bonds is 7. The Balaban J connectivity index is 1.33.